The molecular weight excluding hydrogens is 338 g/mol. The monoisotopic (exact) mass is 355 g/mol. The molecular formula is C15H18ClN3O3S. The first kappa shape index (κ1) is 19.1. The van der Waals surface area contributed by atoms with Gasteiger partial charge in [-0.15, -0.1) is 23.7 Å². The summed E-state index contributed by atoms with van der Waals surface area (Å²) in [6.07, 6.45) is 0.267. The number of nitrogens with two attached hydrogens (primary N) is 1. The topological polar surface area (TPSA) is 94.3 Å². The van der Waals surface area contributed by atoms with Crippen molar-refractivity contribution < 1.29 is 14.3 Å². The highest BCUT2D eigenvalue weighted by molar-refractivity contribution is 7.09. The molecule has 0 radical (unpaired) electrons. The first-order valence-electron chi connectivity index (χ1n) is 6.75. The van der Waals surface area contributed by atoms with E-state index in [2.05, 4.69) is 4.98 Å². The van der Waals surface area contributed by atoms with Crippen LogP contribution < -0.4 is 11.3 Å². The van der Waals surface area contributed by atoms with Crippen LogP contribution in [-0.4, -0.2) is 23.5 Å². The van der Waals surface area contributed by atoms with Gasteiger partial charge < -0.3 is 4.74 Å². The second-order valence-corrected chi connectivity index (χ2v) is 5.76. The number of nitrogens with zero attached hydrogens (tertiary/aromatic N) is 1. The van der Waals surface area contributed by atoms with Gasteiger partial charge in [0.25, 0.3) is 0 Å². The molecule has 23 heavy (non-hydrogen) atoms. The van der Waals surface area contributed by atoms with Crippen molar-refractivity contribution in [1.29, 1.82) is 0 Å². The summed E-state index contributed by atoms with van der Waals surface area (Å²) < 4.78 is 4.81. The van der Waals surface area contributed by atoms with Crippen LogP contribution in [0, 0.1) is 6.92 Å². The third-order valence-electron chi connectivity index (χ3n) is 3.03. The Hall–Kier alpha value is -1.96. The van der Waals surface area contributed by atoms with E-state index in [-0.39, 0.29) is 24.8 Å². The summed E-state index contributed by atoms with van der Waals surface area (Å²) in [6.45, 7) is 2.13. The van der Waals surface area contributed by atoms with E-state index in [0.717, 1.165) is 16.1 Å². The lowest BCUT2D eigenvalue weighted by molar-refractivity contribution is 0.0988. The minimum Gasteiger partial charge on any atom is -0.448 e. The summed E-state index contributed by atoms with van der Waals surface area (Å²) >= 11 is 1.47. The third-order valence-corrected chi connectivity index (χ3v) is 3.81. The van der Waals surface area contributed by atoms with Gasteiger partial charge >= 0.3 is 6.09 Å². The molecule has 124 valence electrons. The number of hydrogen-bond acceptors (Lipinski definition) is 6. The number of carbonyl (C=O) groups is 2. The molecule has 1 heterocycles. The van der Waals surface area contributed by atoms with Crippen molar-refractivity contribution in [2.24, 2.45) is 5.84 Å². The summed E-state index contributed by atoms with van der Waals surface area (Å²) in [5.41, 5.74) is 4.37. The Bertz CT molecular complexity index is 658. The van der Waals surface area contributed by atoms with Gasteiger partial charge in [0.2, 0.25) is 0 Å². The van der Waals surface area contributed by atoms with Crippen LogP contribution in [0.25, 0.3) is 0 Å². The fraction of sp³-hybridized carbons (Fsp3) is 0.267. The molecule has 0 saturated carbocycles. The number of amides is 1. The summed E-state index contributed by atoms with van der Waals surface area (Å²) in [6, 6.07) is 7.63. The van der Waals surface area contributed by atoms with Gasteiger partial charge in [0, 0.05) is 18.2 Å². The Morgan fingerprint density at radius 1 is 1.26 bits per heavy atom. The lowest BCUT2D eigenvalue weighted by Crippen LogP contribution is -2.31. The molecule has 0 spiro atoms. The zero-order valence-corrected chi connectivity index (χ0v) is 14.2. The van der Waals surface area contributed by atoms with Gasteiger partial charge in [-0.2, -0.15) is 0 Å². The van der Waals surface area contributed by atoms with Crippen molar-refractivity contribution in [3.63, 3.8) is 0 Å². The van der Waals surface area contributed by atoms with Crippen LogP contribution in [0.15, 0.2) is 29.6 Å². The molecule has 1 aromatic carbocycles. The SMILES string of the molecule is Cc1nc(C(=O)Cc2ccc(CCOC(=O)NN)cc2)cs1.Cl. The van der Waals surface area contributed by atoms with Crippen molar-refractivity contribution in [1.82, 2.24) is 10.4 Å². The number of ketones is 1. The molecule has 2 aromatic rings. The Kier molecular flexibility index (Phi) is 7.67. The van der Waals surface area contributed by atoms with E-state index in [4.69, 9.17) is 10.6 Å². The Morgan fingerprint density at radius 3 is 2.48 bits per heavy atom. The van der Waals surface area contributed by atoms with Gasteiger partial charge in [-0.25, -0.2) is 15.6 Å². The van der Waals surface area contributed by atoms with Gasteiger partial charge in [-0.3, -0.25) is 10.2 Å². The van der Waals surface area contributed by atoms with E-state index in [0.29, 0.717) is 18.5 Å². The highest BCUT2D eigenvalue weighted by Gasteiger charge is 2.10. The van der Waals surface area contributed by atoms with Crippen molar-refractivity contribution in [2.75, 3.05) is 6.61 Å². The molecule has 0 atom stereocenters. The van der Waals surface area contributed by atoms with Crippen LogP contribution in [0.3, 0.4) is 0 Å². The van der Waals surface area contributed by atoms with Gasteiger partial charge in [-0.05, 0) is 18.1 Å². The smallest absolute Gasteiger partial charge is 0.421 e. The number of aromatic nitrogens is 1. The number of halogens is 1. The molecule has 0 fully saturated rings. The predicted octanol–water partition coefficient (Wildman–Crippen LogP) is 2.44. The largest absolute Gasteiger partial charge is 0.448 e. The number of thiazole rings is 1. The number of Topliss-reactive ketones (excluding diaryl/α,β-unsaturated/α-hetero) is 1. The quantitative estimate of drug-likeness (QED) is 0.359. The van der Waals surface area contributed by atoms with Crippen LogP contribution in [0.4, 0.5) is 4.79 Å². The van der Waals surface area contributed by atoms with Crippen molar-refractivity contribution in [2.45, 2.75) is 19.8 Å². The number of hydrazine groups is 1. The highest BCUT2D eigenvalue weighted by atomic mass is 35.5. The molecule has 2 rings (SSSR count). The second kappa shape index (κ2) is 9.24. The number of ether oxygens (including phenoxy) is 1. The lowest BCUT2D eigenvalue weighted by atomic mass is 10.0. The highest BCUT2D eigenvalue weighted by Crippen LogP contribution is 2.12. The van der Waals surface area contributed by atoms with E-state index in [9.17, 15) is 9.59 Å². The molecule has 0 aliphatic rings. The average molecular weight is 356 g/mol. The molecule has 6 nitrogen and oxygen atoms in total. The average Bonchev–Trinajstić information content (AvgIpc) is 2.95. The van der Waals surface area contributed by atoms with E-state index in [1.807, 2.05) is 36.6 Å². The number of hydrogen-bond donors (Lipinski definition) is 2. The Labute approximate surface area is 144 Å². The van der Waals surface area contributed by atoms with E-state index >= 15 is 0 Å². The summed E-state index contributed by atoms with van der Waals surface area (Å²) in [4.78, 5) is 27.1. The van der Waals surface area contributed by atoms with Crippen LogP contribution in [-0.2, 0) is 17.6 Å². The number of rotatable bonds is 6. The van der Waals surface area contributed by atoms with Gasteiger partial charge in [0.1, 0.15) is 5.69 Å². The van der Waals surface area contributed by atoms with Crippen molar-refractivity contribution in [3.05, 3.63) is 51.5 Å². The minimum atomic E-state index is -0.652. The normalized spacial score (nSPS) is 9.83. The molecule has 0 bridgehead atoms. The molecule has 0 aliphatic heterocycles. The Morgan fingerprint density at radius 2 is 1.91 bits per heavy atom. The zero-order chi connectivity index (χ0) is 15.9. The molecule has 1 aromatic heterocycles. The fourth-order valence-electron chi connectivity index (χ4n) is 1.89. The lowest BCUT2D eigenvalue weighted by Gasteiger charge is -2.05. The molecule has 0 unspecified atom stereocenters. The van der Waals surface area contributed by atoms with Crippen molar-refractivity contribution in [3.8, 4) is 0 Å². The Balaban J connectivity index is 0.00000264. The van der Waals surface area contributed by atoms with Crippen molar-refractivity contribution >= 4 is 35.6 Å². The molecule has 1 amide bonds. The maximum Gasteiger partial charge on any atom is 0.421 e. The van der Waals surface area contributed by atoms with E-state index in [1.165, 1.54) is 11.3 Å². The zero-order valence-electron chi connectivity index (χ0n) is 12.6. The molecule has 8 heteroatoms. The van der Waals surface area contributed by atoms with Crippen LogP contribution >= 0.6 is 23.7 Å². The van der Waals surface area contributed by atoms with Gasteiger partial charge in [0.05, 0.1) is 11.6 Å². The first-order valence-corrected chi connectivity index (χ1v) is 7.63. The summed E-state index contributed by atoms with van der Waals surface area (Å²) in [5.74, 6) is 4.92. The van der Waals surface area contributed by atoms with Gasteiger partial charge in [-0.1, -0.05) is 24.3 Å². The summed E-state index contributed by atoms with van der Waals surface area (Å²) in [5, 5.41) is 2.67. The van der Waals surface area contributed by atoms with E-state index < -0.39 is 6.09 Å². The third kappa shape index (κ3) is 5.97. The summed E-state index contributed by atoms with van der Waals surface area (Å²) in [7, 11) is 0. The number of aryl methyl sites for hydroxylation is 1. The maximum atomic E-state index is 12.1. The number of carbonyl (C=O) groups excluding carboxylic acids is 2. The van der Waals surface area contributed by atoms with Gasteiger partial charge in [0.15, 0.2) is 5.78 Å². The standard InChI is InChI=1S/C15H17N3O3S.ClH/c1-10-17-13(9-22-10)14(19)8-12-4-2-11(3-5-12)6-7-21-15(20)18-16;/h2-5,9H,6-8,16H2,1H3,(H,18,20);1H. The number of benzene rings is 1. The molecule has 3 N–H and O–H groups in total. The number of nitrogens with one attached hydrogen (secondary N) is 1. The van der Waals surface area contributed by atoms with E-state index in [1.54, 1.807) is 5.38 Å². The minimum absolute atomic E-state index is 0. The van der Waals surface area contributed by atoms with Crippen LogP contribution in [0.5, 0.6) is 0 Å². The van der Waals surface area contributed by atoms with Crippen LogP contribution in [0.2, 0.25) is 0 Å². The second-order valence-electron chi connectivity index (χ2n) is 4.70. The van der Waals surface area contributed by atoms with Crippen LogP contribution in [0.1, 0.15) is 26.6 Å². The molecule has 0 saturated heterocycles. The molecule has 0 aliphatic carbocycles. The maximum absolute atomic E-state index is 12.1. The fourth-order valence-corrected chi connectivity index (χ4v) is 2.51. The first-order chi connectivity index (χ1) is 10.6. The predicted molar refractivity (Wildman–Crippen MR) is 91.0 cm³/mol.